The van der Waals surface area contributed by atoms with Crippen molar-refractivity contribution in [2.75, 3.05) is 13.2 Å². The molecule has 0 saturated heterocycles. The highest BCUT2D eigenvalue weighted by Gasteiger charge is 2.15. The van der Waals surface area contributed by atoms with E-state index in [2.05, 4.69) is 8.37 Å². The van der Waals surface area contributed by atoms with Crippen LogP contribution >= 0.6 is 0 Å². The number of hydrogen-bond donors (Lipinski definition) is 2. The molecular weight excluding hydrogens is 220 g/mol. The van der Waals surface area contributed by atoms with Gasteiger partial charge in [0.2, 0.25) is 0 Å². The van der Waals surface area contributed by atoms with Crippen molar-refractivity contribution in [1.82, 2.24) is 0 Å². The minimum absolute atomic E-state index is 0.0439. The van der Waals surface area contributed by atoms with Crippen LogP contribution in [0.1, 0.15) is 32.6 Å². The maximum atomic E-state index is 11.0. The van der Waals surface area contributed by atoms with Crippen LogP contribution < -0.4 is 11.5 Å². The summed E-state index contributed by atoms with van der Waals surface area (Å²) >= 11 is 0. The van der Waals surface area contributed by atoms with Crippen LogP contribution in [0.3, 0.4) is 0 Å². The van der Waals surface area contributed by atoms with Crippen LogP contribution in [0.5, 0.6) is 0 Å². The summed E-state index contributed by atoms with van der Waals surface area (Å²) in [6.07, 6.45) is 2.26. The molecular formula is C8H20N2O4S. The van der Waals surface area contributed by atoms with Gasteiger partial charge in [0.15, 0.2) is 0 Å². The lowest BCUT2D eigenvalue weighted by Crippen LogP contribution is -2.28. The van der Waals surface area contributed by atoms with E-state index < -0.39 is 16.6 Å². The van der Waals surface area contributed by atoms with Crippen molar-refractivity contribution in [3.63, 3.8) is 0 Å². The second-order valence-electron chi connectivity index (χ2n) is 3.09. The Labute approximate surface area is 91.2 Å². The van der Waals surface area contributed by atoms with Gasteiger partial charge < -0.3 is 11.5 Å². The van der Waals surface area contributed by atoms with E-state index in [1.807, 2.05) is 0 Å². The summed E-state index contributed by atoms with van der Waals surface area (Å²) in [7, 11) is -3.92. The van der Waals surface area contributed by atoms with Gasteiger partial charge in [0.05, 0.1) is 6.61 Å². The molecule has 15 heavy (non-hydrogen) atoms. The fourth-order valence-corrected chi connectivity index (χ4v) is 1.78. The highest BCUT2D eigenvalue weighted by atomic mass is 32.3. The Kier molecular flexibility index (Phi) is 7.89. The molecule has 1 atom stereocenters. The molecule has 1 unspecified atom stereocenters. The Hall–Kier alpha value is -0.210. The third-order valence-corrected chi connectivity index (χ3v) is 2.70. The topological polar surface area (TPSA) is 105 Å². The van der Waals surface area contributed by atoms with E-state index in [-0.39, 0.29) is 6.61 Å². The van der Waals surface area contributed by atoms with Crippen LogP contribution in [0.2, 0.25) is 0 Å². The second kappa shape index (κ2) is 8.00. The average Bonchev–Trinajstić information content (AvgIpc) is 2.11. The zero-order chi connectivity index (χ0) is 11.7. The maximum Gasteiger partial charge on any atom is 0.401 e. The van der Waals surface area contributed by atoms with Crippen LogP contribution in [0, 0.1) is 0 Å². The van der Waals surface area contributed by atoms with Crippen molar-refractivity contribution in [2.24, 2.45) is 11.5 Å². The van der Waals surface area contributed by atoms with Gasteiger partial charge in [-0.2, -0.15) is 8.42 Å². The number of unbranched alkanes of at least 4 members (excludes halogenated alkanes) is 2. The summed E-state index contributed by atoms with van der Waals surface area (Å²) in [6.45, 7) is 2.24. The van der Waals surface area contributed by atoms with Crippen molar-refractivity contribution in [1.29, 1.82) is 0 Å². The monoisotopic (exact) mass is 240 g/mol. The Morgan fingerprint density at radius 2 is 1.93 bits per heavy atom. The summed E-state index contributed by atoms with van der Waals surface area (Å²) < 4.78 is 30.9. The molecule has 0 aliphatic rings. The van der Waals surface area contributed by atoms with Crippen LogP contribution in [-0.4, -0.2) is 27.8 Å². The average molecular weight is 240 g/mol. The molecule has 4 N–H and O–H groups in total. The standard InChI is InChI=1S/C8H20N2O4S/c1-2-13-15(11,12)14-8(10)6-4-3-5-7-9/h8H,2-7,9-10H2,1H3. The van der Waals surface area contributed by atoms with Crippen LogP contribution in [0.4, 0.5) is 0 Å². The lowest BCUT2D eigenvalue weighted by Gasteiger charge is -2.11. The quantitative estimate of drug-likeness (QED) is 0.437. The molecule has 0 aromatic heterocycles. The normalized spacial score (nSPS) is 14.1. The fourth-order valence-electron chi connectivity index (χ4n) is 1.04. The zero-order valence-electron chi connectivity index (χ0n) is 9.02. The van der Waals surface area contributed by atoms with E-state index in [1.54, 1.807) is 6.92 Å². The van der Waals surface area contributed by atoms with Crippen molar-refractivity contribution in [3.05, 3.63) is 0 Å². The molecule has 0 aliphatic heterocycles. The molecule has 92 valence electrons. The summed E-state index contributed by atoms with van der Waals surface area (Å²) in [5.74, 6) is 0. The van der Waals surface area contributed by atoms with Crippen molar-refractivity contribution in [3.8, 4) is 0 Å². The van der Waals surface area contributed by atoms with Gasteiger partial charge in [0, 0.05) is 0 Å². The Morgan fingerprint density at radius 1 is 1.27 bits per heavy atom. The van der Waals surface area contributed by atoms with E-state index in [4.69, 9.17) is 11.5 Å². The summed E-state index contributed by atoms with van der Waals surface area (Å²) in [5.41, 5.74) is 10.8. The molecule has 0 heterocycles. The third kappa shape index (κ3) is 8.76. The first-order valence-electron chi connectivity index (χ1n) is 5.05. The molecule has 0 radical (unpaired) electrons. The van der Waals surface area contributed by atoms with Gasteiger partial charge >= 0.3 is 10.4 Å². The molecule has 0 aliphatic carbocycles. The van der Waals surface area contributed by atoms with E-state index >= 15 is 0 Å². The predicted octanol–water partition coefficient (Wildman–Crippen LogP) is 0.0882. The number of nitrogens with two attached hydrogens (primary N) is 2. The maximum absolute atomic E-state index is 11.0. The van der Waals surface area contributed by atoms with Crippen molar-refractivity contribution >= 4 is 10.4 Å². The Bertz CT molecular complexity index is 243. The summed E-state index contributed by atoms with van der Waals surface area (Å²) in [6, 6.07) is 0. The van der Waals surface area contributed by atoms with E-state index in [0.717, 1.165) is 19.3 Å². The lowest BCUT2D eigenvalue weighted by atomic mass is 10.2. The van der Waals surface area contributed by atoms with Crippen molar-refractivity contribution in [2.45, 2.75) is 38.8 Å². The number of rotatable bonds is 9. The van der Waals surface area contributed by atoms with Gasteiger partial charge in [-0.1, -0.05) is 6.42 Å². The second-order valence-corrected chi connectivity index (χ2v) is 4.33. The van der Waals surface area contributed by atoms with E-state index in [9.17, 15) is 8.42 Å². The minimum atomic E-state index is -3.92. The van der Waals surface area contributed by atoms with Gasteiger partial charge in [0.25, 0.3) is 0 Å². The highest BCUT2D eigenvalue weighted by Crippen LogP contribution is 2.06. The van der Waals surface area contributed by atoms with E-state index in [1.165, 1.54) is 0 Å². The largest absolute Gasteiger partial charge is 0.401 e. The first-order chi connectivity index (χ1) is 7.02. The molecule has 0 bridgehead atoms. The zero-order valence-corrected chi connectivity index (χ0v) is 9.83. The van der Waals surface area contributed by atoms with Gasteiger partial charge in [-0.25, -0.2) is 8.37 Å². The summed E-state index contributed by atoms with van der Waals surface area (Å²) in [5, 5.41) is 0. The highest BCUT2D eigenvalue weighted by molar-refractivity contribution is 7.81. The molecule has 0 saturated carbocycles. The molecule has 0 fully saturated rings. The van der Waals surface area contributed by atoms with E-state index in [0.29, 0.717) is 13.0 Å². The predicted molar refractivity (Wildman–Crippen MR) is 57.1 cm³/mol. The molecule has 7 heteroatoms. The molecule has 0 aromatic carbocycles. The number of hydrogen-bond acceptors (Lipinski definition) is 6. The molecule has 0 spiro atoms. The van der Waals surface area contributed by atoms with Crippen LogP contribution in [0.15, 0.2) is 0 Å². The minimum Gasteiger partial charge on any atom is -0.330 e. The first kappa shape index (κ1) is 14.8. The smallest absolute Gasteiger partial charge is 0.330 e. The molecule has 0 amide bonds. The molecule has 0 rings (SSSR count). The molecule has 6 nitrogen and oxygen atoms in total. The molecule has 0 aromatic rings. The fraction of sp³-hybridized carbons (Fsp3) is 1.00. The van der Waals surface area contributed by atoms with Gasteiger partial charge in [-0.3, -0.25) is 0 Å². The van der Waals surface area contributed by atoms with Gasteiger partial charge in [0.1, 0.15) is 6.23 Å². The van der Waals surface area contributed by atoms with Gasteiger partial charge in [-0.05, 0) is 32.7 Å². The Balaban J connectivity index is 3.68. The lowest BCUT2D eigenvalue weighted by molar-refractivity contribution is 0.154. The SMILES string of the molecule is CCOS(=O)(=O)OC(N)CCCCCN. The Morgan fingerprint density at radius 3 is 2.47 bits per heavy atom. The third-order valence-electron chi connectivity index (χ3n) is 1.70. The van der Waals surface area contributed by atoms with Crippen LogP contribution in [-0.2, 0) is 18.8 Å². The van der Waals surface area contributed by atoms with Gasteiger partial charge in [-0.15, -0.1) is 0 Å². The summed E-state index contributed by atoms with van der Waals surface area (Å²) in [4.78, 5) is 0. The van der Waals surface area contributed by atoms with Crippen LogP contribution in [0.25, 0.3) is 0 Å². The first-order valence-corrected chi connectivity index (χ1v) is 6.38. The van der Waals surface area contributed by atoms with Crippen molar-refractivity contribution < 1.29 is 16.8 Å².